The quantitative estimate of drug-likeness (QED) is 0.407. The van der Waals surface area contributed by atoms with Gasteiger partial charge in [-0.2, -0.15) is 5.10 Å². The lowest BCUT2D eigenvalue weighted by atomic mass is 9.83. The van der Waals surface area contributed by atoms with E-state index in [1.807, 2.05) is 54.8 Å². The van der Waals surface area contributed by atoms with Crippen molar-refractivity contribution in [1.29, 1.82) is 0 Å². The molecule has 2 bridgehead atoms. The number of nitrogens with one attached hydrogen (secondary N) is 1. The Bertz CT molecular complexity index is 1350. The molecule has 1 saturated heterocycles. The summed E-state index contributed by atoms with van der Waals surface area (Å²) in [7, 11) is 0. The highest BCUT2D eigenvalue weighted by molar-refractivity contribution is 5.96. The number of hydrogen-bond acceptors (Lipinski definition) is 5. The third-order valence-electron chi connectivity index (χ3n) is 7.10. The summed E-state index contributed by atoms with van der Waals surface area (Å²) >= 11 is 0. The molecule has 2 unspecified atom stereocenters. The first-order chi connectivity index (χ1) is 17.5. The van der Waals surface area contributed by atoms with Crippen molar-refractivity contribution in [3.8, 4) is 5.75 Å². The Morgan fingerprint density at radius 1 is 1.11 bits per heavy atom. The zero-order chi connectivity index (χ0) is 25.1. The maximum Gasteiger partial charge on any atom is 0.271 e. The van der Waals surface area contributed by atoms with E-state index >= 15 is 0 Å². The first kappa shape index (κ1) is 24.0. The van der Waals surface area contributed by atoms with Gasteiger partial charge < -0.3 is 9.30 Å². The molecule has 2 aliphatic heterocycles. The molecule has 7 heteroatoms. The summed E-state index contributed by atoms with van der Waals surface area (Å²) < 4.78 is 7.89. The highest BCUT2D eigenvalue weighted by atomic mass is 16.5. The van der Waals surface area contributed by atoms with Crippen molar-refractivity contribution in [3.05, 3.63) is 99.0 Å². The Kier molecular flexibility index (Phi) is 7.00. The van der Waals surface area contributed by atoms with Crippen molar-refractivity contribution in [2.24, 2.45) is 11.0 Å². The summed E-state index contributed by atoms with van der Waals surface area (Å²) in [6, 6.07) is 19.1. The molecule has 5 rings (SSSR count). The van der Waals surface area contributed by atoms with Crippen LogP contribution < -0.4 is 15.7 Å². The van der Waals surface area contributed by atoms with Gasteiger partial charge in [0.25, 0.3) is 11.5 Å². The predicted molar refractivity (Wildman–Crippen MR) is 141 cm³/mol. The van der Waals surface area contributed by atoms with E-state index in [2.05, 4.69) is 27.6 Å². The van der Waals surface area contributed by atoms with Crippen molar-refractivity contribution >= 4 is 12.1 Å². The molecule has 7 nitrogen and oxygen atoms in total. The Balaban J connectivity index is 1.31. The number of benzene rings is 2. The average Bonchev–Trinajstić information content (AvgIpc) is 2.86. The van der Waals surface area contributed by atoms with Crippen LogP contribution in [0.15, 0.2) is 70.6 Å². The van der Waals surface area contributed by atoms with Crippen molar-refractivity contribution < 1.29 is 9.53 Å². The van der Waals surface area contributed by atoms with Crippen LogP contribution in [0.4, 0.5) is 0 Å². The molecule has 1 amide bonds. The van der Waals surface area contributed by atoms with Gasteiger partial charge in [-0.15, -0.1) is 0 Å². The normalized spacial score (nSPS) is 19.2. The number of ether oxygens (including phenoxy) is 1. The van der Waals surface area contributed by atoms with Gasteiger partial charge in [0.05, 0.1) is 12.8 Å². The maximum atomic E-state index is 12.5. The number of likely N-dealkylation sites (tertiary alicyclic amines) is 1. The van der Waals surface area contributed by atoms with Crippen LogP contribution in [0.3, 0.4) is 0 Å². The van der Waals surface area contributed by atoms with Crippen LogP contribution in [-0.2, 0) is 13.1 Å². The van der Waals surface area contributed by atoms with Crippen molar-refractivity contribution in [2.75, 3.05) is 19.7 Å². The molecule has 2 aliphatic rings. The van der Waals surface area contributed by atoms with Crippen LogP contribution in [0.2, 0.25) is 0 Å². The van der Waals surface area contributed by atoms with Crippen LogP contribution in [0.5, 0.6) is 5.75 Å². The number of aromatic nitrogens is 1. The molecule has 2 aromatic carbocycles. The molecule has 3 aromatic rings. The molecule has 1 fully saturated rings. The number of aryl methyl sites for hydroxylation is 1. The zero-order valence-corrected chi connectivity index (χ0v) is 20.8. The van der Waals surface area contributed by atoms with E-state index in [1.165, 1.54) is 0 Å². The van der Waals surface area contributed by atoms with E-state index < -0.39 is 0 Å². The zero-order valence-electron chi connectivity index (χ0n) is 20.8. The number of fused-ring (bicyclic) bond motifs is 4. The number of amides is 1. The fourth-order valence-corrected chi connectivity index (χ4v) is 5.52. The summed E-state index contributed by atoms with van der Waals surface area (Å²) in [5, 5.41) is 4.19. The molecule has 1 aromatic heterocycles. The summed E-state index contributed by atoms with van der Waals surface area (Å²) in [5.74, 6) is 1.47. The van der Waals surface area contributed by atoms with Gasteiger partial charge in [-0.3, -0.25) is 14.5 Å². The molecule has 36 heavy (non-hydrogen) atoms. The Hall–Kier alpha value is -3.71. The van der Waals surface area contributed by atoms with Crippen LogP contribution in [0, 0.1) is 12.8 Å². The number of carbonyl (C=O) groups is 1. The van der Waals surface area contributed by atoms with Gasteiger partial charge in [0.15, 0.2) is 0 Å². The summed E-state index contributed by atoms with van der Waals surface area (Å²) in [6.07, 6.45) is 2.80. The second-order valence-electron chi connectivity index (χ2n) is 9.71. The number of piperidine rings is 1. The molecular weight excluding hydrogens is 452 g/mol. The number of carbonyl (C=O) groups excluding carboxylic acids is 1. The summed E-state index contributed by atoms with van der Waals surface area (Å²) in [6.45, 7) is 7.89. The minimum atomic E-state index is -0.227. The van der Waals surface area contributed by atoms with Gasteiger partial charge in [0.2, 0.25) is 0 Å². The van der Waals surface area contributed by atoms with Gasteiger partial charge in [-0.1, -0.05) is 24.3 Å². The first-order valence-electron chi connectivity index (χ1n) is 12.6. The van der Waals surface area contributed by atoms with Gasteiger partial charge in [0, 0.05) is 55.0 Å². The standard InChI is InChI=1S/C29H32N4O3/c1-3-36-27-12-11-21(15-30-31-29(35)25-8-5-4-7-20(25)2)13-24(27)19-32-16-22-14-23(18-32)26-9-6-10-28(34)33(26)17-22/h4-13,15,22-23H,3,14,16-19H2,1-2H3,(H,31,35)/b30-15+. The fourth-order valence-electron chi connectivity index (χ4n) is 5.52. The third kappa shape index (κ3) is 5.11. The van der Waals surface area contributed by atoms with E-state index in [1.54, 1.807) is 18.3 Å². The van der Waals surface area contributed by atoms with Crippen LogP contribution in [0.1, 0.15) is 52.0 Å². The minimum absolute atomic E-state index is 0.107. The molecule has 1 N–H and O–H groups in total. The topological polar surface area (TPSA) is 75.9 Å². The highest BCUT2D eigenvalue weighted by Gasteiger charge is 2.34. The second-order valence-corrected chi connectivity index (χ2v) is 9.71. The Labute approximate surface area is 211 Å². The van der Waals surface area contributed by atoms with Crippen molar-refractivity contribution in [1.82, 2.24) is 14.9 Å². The first-order valence-corrected chi connectivity index (χ1v) is 12.6. The molecule has 3 heterocycles. The molecule has 0 saturated carbocycles. The number of pyridine rings is 1. The molecular formula is C29H32N4O3. The molecule has 0 spiro atoms. The number of nitrogens with zero attached hydrogens (tertiary/aromatic N) is 3. The van der Waals surface area contributed by atoms with E-state index in [0.29, 0.717) is 24.0 Å². The van der Waals surface area contributed by atoms with E-state index in [9.17, 15) is 9.59 Å². The molecule has 0 radical (unpaired) electrons. The Morgan fingerprint density at radius 3 is 2.81 bits per heavy atom. The average molecular weight is 485 g/mol. The predicted octanol–water partition coefficient (Wildman–Crippen LogP) is 3.94. The van der Waals surface area contributed by atoms with Gasteiger partial charge in [-0.25, -0.2) is 5.43 Å². The van der Waals surface area contributed by atoms with Crippen LogP contribution in [-0.4, -0.2) is 41.3 Å². The molecule has 2 atom stereocenters. The lowest BCUT2D eigenvalue weighted by molar-refractivity contribution is 0.0954. The monoisotopic (exact) mass is 484 g/mol. The SMILES string of the molecule is CCOc1ccc(/C=N/NC(=O)c2ccccc2C)cc1CN1CC2CC(C1)c1cccc(=O)n1C2. The lowest BCUT2D eigenvalue weighted by Crippen LogP contribution is -2.46. The second kappa shape index (κ2) is 10.5. The van der Waals surface area contributed by atoms with Crippen molar-refractivity contribution in [3.63, 3.8) is 0 Å². The van der Waals surface area contributed by atoms with Gasteiger partial charge in [0.1, 0.15) is 5.75 Å². The van der Waals surface area contributed by atoms with E-state index in [4.69, 9.17) is 4.74 Å². The molecule has 0 aliphatic carbocycles. The maximum absolute atomic E-state index is 12.5. The smallest absolute Gasteiger partial charge is 0.271 e. The summed E-state index contributed by atoms with van der Waals surface area (Å²) in [4.78, 5) is 27.3. The number of rotatable bonds is 7. The number of hydrazone groups is 1. The van der Waals surface area contributed by atoms with Crippen molar-refractivity contribution in [2.45, 2.75) is 39.3 Å². The van der Waals surface area contributed by atoms with Crippen LogP contribution >= 0.6 is 0 Å². The van der Waals surface area contributed by atoms with E-state index in [-0.39, 0.29) is 11.5 Å². The van der Waals surface area contributed by atoms with Crippen LogP contribution in [0.25, 0.3) is 0 Å². The largest absolute Gasteiger partial charge is 0.494 e. The Morgan fingerprint density at radius 2 is 1.97 bits per heavy atom. The van der Waals surface area contributed by atoms with Gasteiger partial charge >= 0.3 is 0 Å². The van der Waals surface area contributed by atoms with Gasteiger partial charge in [-0.05, 0) is 67.6 Å². The third-order valence-corrected chi connectivity index (χ3v) is 7.10. The molecule has 186 valence electrons. The van der Waals surface area contributed by atoms with E-state index in [0.717, 1.165) is 60.7 Å². The highest BCUT2D eigenvalue weighted by Crippen LogP contribution is 2.36. The fraction of sp³-hybridized carbons (Fsp3) is 0.345. The minimum Gasteiger partial charge on any atom is -0.494 e. The number of hydrogen-bond donors (Lipinski definition) is 1. The lowest BCUT2D eigenvalue weighted by Gasteiger charge is -2.43. The summed E-state index contributed by atoms with van der Waals surface area (Å²) in [5.41, 5.74) is 7.40.